The van der Waals surface area contributed by atoms with Crippen LogP contribution in [-0.2, 0) is 11.8 Å². The number of nitrogens with zero attached hydrogens (tertiary/aromatic N) is 1. The molecular formula is C25H31N3O2. The van der Waals surface area contributed by atoms with Crippen LogP contribution in [0.4, 0.5) is 16.2 Å². The van der Waals surface area contributed by atoms with Crippen LogP contribution in [-0.4, -0.2) is 19.7 Å². The molecule has 0 spiro atoms. The predicted octanol–water partition coefficient (Wildman–Crippen LogP) is 5.26. The van der Waals surface area contributed by atoms with E-state index < -0.39 is 0 Å². The van der Waals surface area contributed by atoms with E-state index in [0.29, 0.717) is 13.0 Å². The molecule has 3 rings (SSSR count). The highest BCUT2D eigenvalue weighted by molar-refractivity contribution is 5.94. The Morgan fingerprint density at radius 1 is 1.23 bits per heavy atom. The molecule has 158 valence electrons. The molecule has 0 unspecified atom stereocenters. The van der Waals surface area contributed by atoms with E-state index >= 15 is 0 Å². The zero-order valence-corrected chi connectivity index (χ0v) is 18.3. The Hall–Kier alpha value is -3.21. The van der Waals surface area contributed by atoms with Crippen LogP contribution in [0.5, 0.6) is 5.75 Å². The SMILES string of the molecule is C=C1CCN(c2cc(CC(=C)c3ccc(N)cc3)c(OC)c(C(C)(C)C)c2)C(=O)N1. The summed E-state index contributed by atoms with van der Waals surface area (Å²) in [7, 11) is 1.69. The van der Waals surface area contributed by atoms with Gasteiger partial charge in [0.25, 0.3) is 0 Å². The second-order valence-electron chi connectivity index (χ2n) is 8.77. The van der Waals surface area contributed by atoms with Gasteiger partial charge in [-0.25, -0.2) is 4.79 Å². The Labute approximate surface area is 179 Å². The molecule has 0 atom stereocenters. The van der Waals surface area contributed by atoms with Gasteiger partial charge in [-0.05, 0) is 40.8 Å². The Bertz CT molecular complexity index is 985. The smallest absolute Gasteiger partial charge is 0.326 e. The summed E-state index contributed by atoms with van der Waals surface area (Å²) in [6, 6.07) is 11.6. The maximum atomic E-state index is 12.6. The fourth-order valence-corrected chi connectivity index (χ4v) is 3.68. The van der Waals surface area contributed by atoms with Crippen LogP contribution >= 0.6 is 0 Å². The summed E-state index contributed by atoms with van der Waals surface area (Å²) in [5, 5.41) is 2.84. The minimum atomic E-state index is -0.158. The van der Waals surface area contributed by atoms with E-state index in [2.05, 4.69) is 45.3 Å². The second kappa shape index (κ2) is 8.27. The lowest BCUT2D eigenvalue weighted by molar-refractivity contribution is 0.246. The average Bonchev–Trinajstić information content (AvgIpc) is 2.67. The van der Waals surface area contributed by atoms with Gasteiger partial charge in [0.05, 0.1) is 7.11 Å². The summed E-state index contributed by atoms with van der Waals surface area (Å²) in [4.78, 5) is 14.4. The number of nitrogens with one attached hydrogen (secondary N) is 1. The lowest BCUT2D eigenvalue weighted by Crippen LogP contribution is -2.45. The van der Waals surface area contributed by atoms with Crippen LogP contribution in [0, 0.1) is 0 Å². The number of amides is 2. The molecule has 1 aliphatic rings. The number of carbonyl (C=O) groups excluding carboxylic acids is 1. The van der Waals surface area contributed by atoms with Gasteiger partial charge in [-0.2, -0.15) is 0 Å². The van der Waals surface area contributed by atoms with Crippen molar-refractivity contribution in [2.45, 2.75) is 39.0 Å². The Morgan fingerprint density at radius 3 is 2.47 bits per heavy atom. The third-order valence-corrected chi connectivity index (χ3v) is 5.36. The van der Waals surface area contributed by atoms with Crippen molar-refractivity contribution in [3.05, 3.63) is 71.9 Å². The number of methoxy groups -OCH3 is 1. The number of allylic oxidation sites excluding steroid dienone is 1. The van der Waals surface area contributed by atoms with Gasteiger partial charge in [-0.15, -0.1) is 0 Å². The number of benzene rings is 2. The minimum Gasteiger partial charge on any atom is -0.496 e. The summed E-state index contributed by atoms with van der Waals surface area (Å²) in [5.41, 5.74) is 12.0. The van der Waals surface area contributed by atoms with E-state index in [0.717, 1.165) is 51.5 Å². The number of nitrogens with two attached hydrogens (primary N) is 1. The number of anilines is 2. The van der Waals surface area contributed by atoms with Crippen LogP contribution in [0.3, 0.4) is 0 Å². The fraction of sp³-hybridized carbons (Fsp3) is 0.320. The molecule has 2 aromatic carbocycles. The van der Waals surface area contributed by atoms with Crippen molar-refractivity contribution in [1.82, 2.24) is 5.32 Å². The van der Waals surface area contributed by atoms with Gasteiger partial charge in [0.2, 0.25) is 0 Å². The molecule has 1 heterocycles. The monoisotopic (exact) mass is 405 g/mol. The van der Waals surface area contributed by atoms with Crippen LogP contribution < -0.4 is 20.7 Å². The minimum absolute atomic E-state index is 0.153. The van der Waals surface area contributed by atoms with Gasteiger partial charge >= 0.3 is 6.03 Å². The highest BCUT2D eigenvalue weighted by Gasteiger charge is 2.27. The number of hydrogen-bond donors (Lipinski definition) is 2. The van der Waals surface area contributed by atoms with Crippen LogP contribution in [0.15, 0.2) is 55.3 Å². The Balaban J connectivity index is 2.05. The van der Waals surface area contributed by atoms with Crippen molar-refractivity contribution >= 4 is 23.0 Å². The largest absolute Gasteiger partial charge is 0.496 e. The number of urea groups is 1. The van der Waals surface area contributed by atoms with Crippen molar-refractivity contribution in [3.8, 4) is 5.75 Å². The molecule has 5 nitrogen and oxygen atoms in total. The quantitative estimate of drug-likeness (QED) is 0.667. The number of carbonyl (C=O) groups is 1. The van der Waals surface area contributed by atoms with Crippen molar-refractivity contribution in [1.29, 1.82) is 0 Å². The first-order valence-electron chi connectivity index (χ1n) is 10.1. The predicted molar refractivity (Wildman–Crippen MR) is 125 cm³/mol. The van der Waals surface area contributed by atoms with Crippen molar-refractivity contribution in [2.24, 2.45) is 0 Å². The third-order valence-electron chi connectivity index (χ3n) is 5.36. The second-order valence-corrected chi connectivity index (χ2v) is 8.77. The summed E-state index contributed by atoms with van der Waals surface area (Å²) >= 11 is 0. The topological polar surface area (TPSA) is 67.6 Å². The molecule has 0 aliphatic carbocycles. The van der Waals surface area contributed by atoms with Crippen molar-refractivity contribution in [2.75, 3.05) is 24.3 Å². The van der Waals surface area contributed by atoms with Crippen LogP contribution in [0.1, 0.15) is 43.9 Å². The summed E-state index contributed by atoms with van der Waals surface area (Å²) < 4.78 is 5.85. The highest BCUT2D eigenvalue weighted by atomic mass is 16.5. The van der Waals surface area contributed by atoms with E-state index in [9.17, 15) is 4.79 Å². The maximum Gasteiger partial charge on any atom is 0.326 e. The molecule has 2 aromatic rings. The molecule has 0 bridgehead atoms. The number of rotatable bonds is 5. The fourth-order valence-electron chi connectivity index (χ4n) is 3.68. The standard InChI is InChI=1S/C25H31N3O2/c1-16(18-7-9-20(26)10-8-18)13-19-14-21(28-12-11-17(2)27-24(28)29)15-22(23(19)30-6)25(3,4)5/h7-10,14-15H,1-2,11-13,26H2,3-6H3,(H,27,29). The summed E-state index contributed by atoms with van der Waals surface area (Å²) in [6.07, 6.45) is 1.32. The Kier molecular flexibility index (Phi) is 5.92. The average molecular weight is 406 g/mol. The molecule has 2 amide bonds. The molecule has 1 saturated heterocycles. The van der Waals surface area contributed by atoms with E-state index in [1.165, 1.54) is 0 Å². The normalized spacial score (nSPS) is 14.5. The van der Waals surface area contributed by atoms with Gasteiger partial charge in [0.1, 0.15) is 5.75 Å². The van der Waals surface area contributed by atoms with Gasteiger partial charge < -0.3 is 15.8 Å². The first-order valence-corrected chi connectivity index (χ1v) is 10.1. The number of hydrogen-bond acceptors (Lipinski definition) is 3. The van der Waals surface area contributed by atoms with Crippen molar-refractivity contribution in [3.63, 3.8) is 0 Å². The molecule has 3 N–H and O–H groups in total. The highest BCUT2D eigenvalue weighted by Crippen LogP contribution is 2.40. The molecule has 1 fully saturated rings. The molecule has 30 heavy (non-hydrogen) atoms. The van der Waals surface area contributed by atoms with E-state index in [4.69, 9.17) is 10.5 Å². The van der Waals surface area contributed by atoms with Gasteiger partial charge in [0, 0.05) is 47.6 Å². The first kappa shape index (κ1) is 21.5. The third kappa shape index (κ3) is 4.51. The summed E-state index contributed by atoms with van der Waals surface area (Å²) in [6.45, 7) is 15.2. The molecular weight excluding hydrogens is 374 g/mol. The first-order chi connectivity index (χ1) is 14.1. The lowest BCUT2D eigenvalue weighted by atomic mass is 9.83. The lowest BCUT2D eigenvalue weighted by Gasteiger charge is -2.32. The van der Waals surface area contributed by atoms with Gasteiger partial charge in [-0.1, -0.05) is 46.1 Å². The number of ether oxygens (including phenoxy) is 1. The summed E-state index contributed by atoms with van der Waals surface area (Å²) in [5.74, 6) is 0.838. The van der Waals surface area contributed by atoms with Gasteiger partial charge in [-0.3, -0.25) is 4.90 Å². The molecule has 0 aromatic heterocycles. The zero-order valence-electron chi connectivity index (χ0n) is 18.3. The maximum absolute atomic E-state index is 12.6. The van der Waals surface area contributed by atoms with E-state index in [1.807, 2.05) is 30.3 Å². The van der Waals surface area contributed by atoms with E-state index in [1.54, 1.807) is 12.0 Å². The van der Waals surface area contributed by atoms with Crippen LogP contribution in [0.2, 0.25) is 0 Å². The van der Waals surface area contributed by atoms with Gasteiger partial charge in [0.15, 0.2) is 0 Å². The number of nitrogen functional groups attached to an aromatic ring is 1. The zero-order chi connectivity index (χ0) is 22.1. The van der Waals surface area contributed by atoms with Crippen LogP contribution in [0.25, 0.3) is 5.57 Å². The van der Waals surface area contributed by atoms with Crippen molar-refractivity contribution < 1.29 is 9.53 Å². The molecule has 1 aliphatic heterocycles. The van der Waals surface area contributed by atoms with E-state index in [-0.39, 0.29) is 11.4 Å². The molecule has 0 saturated carbocycles. The molecule has 5 heteroatoms. The Morgan fingerprint density at radius 2 is 1.90 bits per heavy atom. The molecule has 0 radical (unpaired) electrons.